The van der Waals surface area contributed by atoms with Crippen LogP contribution < -0.4 is 9.64 Å². The Morgan fingerprint density at radius 2 is 2.10 bits per heavy atom. The lowest BCUT2D eigenvalue weighted by Gasteiger charge is -2.11. The molecule has 3 nitrogen and oxygen atoms in total. The molecule has 0 radical (unpaired) electrons. The molecular weight excluding hydrogens is 128 g/mol. The maximum atomic E-state index is 5.07. The van der Waals surface area contributed by atoms with E-state index in [-0.39, 0.29) is 0 Å². The van der Waals surface area contributed by atoms with E-state index in [0.29, 0.717) is 0 Å². The summed E-state index contributed by atoms with van der Waals surface area (Å²) in [5.74, 6) is 0.880. The van der Waals surface area contributed by atoms with Crippen molar-refractivity contribution in [1.29, 1.82) is 0 Å². The van der Waals surface area contributed by atoms with Gasteiger partial charge in [0.1, 0.15) is 0 Å². The van der Waals surface area contributed by atoms with E-state index < -0.39 is 0 Å². The smallest absolute Gasteiger partial charge is 0.159 e. The Labute approximate surface area is 60.6 Å². The molecule has 1 aromatic heterocycles. The highest BCUT2D eigenvalue weighted by Crippen LogP contribution is 2.24. The number of methoxy groups -OCH3 is 1. The Hall–Kier alpha value is -1.12. The number of aromatic amines is 1. The second kappa shape index (κ2) is 2.64. The molecule has 1 N–H and O–H groups in total. The summed E-state index contributed by atoms with van der Waals surface area (Å²) in [6.45, 7) is 0. The molecule has 0 spiro atoms. The molecule has 56 valence electrons. The molecule has 0 saturated heterocycles. The fourth-order valence-corrected chi connectivity index (χ4v) is 0.854. The molecule has 0 saturated carbocycles. The highest BCUT2D eigenvalue weighted by Gasteiger charge is 2.03. The van der Waals surface area contributed by atoms with Crippen molar-refractivity contribution in [2.24, 2.45) is 0 Å². The molecule has 0 aliphatic rings. The zero-order valence-electron chi connectivity index (χ0n) is 6.51. The third kappa shape index (κ3) is 1.07. The van der Waals surface area contributed by atoms with Crippen molar-refractivity contribution in [1.82, 2.24) is 4.98 Å². The van der Waals surface area contributed by atoms with E-state index in [4.69, 9.17) is 4.74 Å². The number of nitrogens with one attached hydrogen (secondary N) is 1. The first-order valence-electron chi connectivity index (χ1n) is 3.14. The van der Waals surface area contributed by atoms with E-state index >= 15 is 0 Å². The van der Waals surface area contributed by atoms with Crippen LogP contribution in [-0.2, 0) is 0 Å². The summed E-state index contributed by atoms with van der Waals surface area (Å²) >= 11 is 0. The van der Waals surface area contributed by atoms with Crippen LogP contribution in [-0.4, -0.2) is 26.2 Å². The van der Waals surface area contributed by atoms with E-state index in [1.807, 2.05) is 31.4 Å². The third-order valence-corrected chi connectivity index (χ3v) is 1.39. The van der Waals surface area contributed by atoms with Crippen LogP contribution in [0.1, 0.15) is 0 Å². The van der Waals surface area contributed by atoms with E-state index in [0.717, 1.165) is 11.4 Å². The molecule has 0 bridgehead atoms. The number of hydrogen-bond donors (Lipinski definition) is 1. The normalized spacial score (nSPS) is 9.50. The van der Waals surface area contributed by atoms with E-state index in [1.54, 1.807) is 7.11 Å². The number of anilines is 1. The number of hydrogen-bond acceptors (Lipinski definition) is 2. The van der Waals surface area contributed by atoms with Gasteiger partial charge in [-0.15, -0.1) is 0 Å². The summed E-state index contributed by atoms with van der Waals surface area (Å²) in [4.78, 5) is 4.96. The molecule has 1 heterocycles. The third-order valence-electron chi connectivity index (χ3n) is 1.39. The SMILES string of the molecule is COc1c[nH]cc1N(C)C. The number of nitrogens with zero attached hydrogens (tertiary/aromatic N) is 1. The fraction of sp³-hybridized carbons (Fsp3) is 0.429. The van der Waals surface area contributed by atoms with Crippen molar-refractivity contribution in [3.63, 3.8) is 0 Å². The van der Waals surface area contributed by atoms with Crippen LogP contribution in [0, 0.1) is 0 Å². The first kappa shape index (κ1) is 6.99. The van der Waals surface area contributed by atoms with Crippen LogP contribution in [0.5, 0.6) is 5.75 Å². The van der Waals surface area contributed by atoms with Crippen LogP contribution in [0.4, 0.5) is 5.69 Å². The molecule has 0 aliphatic heterocycles. The highest BCUT2D eigenvalue weighted by atomic mass is 16.5. The first-order valence-corrected chi connectivity index (χ1v) is 3.14. The van der Waals surface area contributed by atoms with Gasteiger partial charge in [-0.05, 0) is 0 Å². The maximum absolute atomic E-state index is 5.07. The summed E-state index contributed by atoms with van der Waals surface area (Å²) < 4.78 is 5.07. The van der Waals surface area contributed by atoms with Gasteiger partial charge in [0.25, 0.3) is 0 Å². The number of rotatable bonds is 2. The molecule has 0 fully saturated rings. The van der Waals surface area contributed by atoms with Crippen LogP contribution in [0.2, 0.25) is 0 Å². The number of ether oxygens (including phenoxy) is 1. The van der Waals surface area contributed by atoms with Gasteiger partial charge in [-0.2, -0.15) is 0 Å². The molecule has 10 heavy (non-hydrogen) atoms. The highest BCUT2D eigenvalue weighted by molar-refractivity contribution is 5.55. The van der Waals surface area contributed by atoms with Crippen molar-refractivity contribution in [2.75, 3.05) is 26.1 Å². The monoisotopic (exact) mass is 140 g/mol. The van der Waals surface area contributed by atoms with Crippen LogP contribution >= 0.6 is 0 Å². The van der Waals surface area contributed by atoms with Crippen LogP contribution in [0.3, 0.4) is 0 Å². The molecule has 0 aromatic carbocycles. The molecule has 3 heteroatoms. The lowest BCUT2D eigenvalue weighted by molar-refractivity contribution is 0.416. The van der Waals surface area contributed by atoms with Gasteiger partial charge in [0.15, 0.2) is 5.75 Å². The minimum atomic E-state index is 0.880. The molecule has 0 atom stereocenters. The predicted octanol–water partition coefficient (Wildman–Crippen LogP) is 1.09. The van der Waals surface area contributed by atoms with Crippen LogP contribution in [0.25, 0.3) is 0 Å². The zero-order valence-corrected chi connectivity index (χ0v) is 6.51. The second-order valence-electron chi connectivity index (χ2n) is 2.30. The quantitative estimate of drug-likeness (QED) is 0.666. The Kier molecular flexibility index (Phi) is 1.85. The lowest BCUT2D eigenvalue weighted by Crippen LogP contribution is -2.08. The zero-order chi connectivity index (χ0) is 7.56. The Morgan fingerprint density at radius 1 is 1.40 bits per heavy atom. The number of aromatic nitrogens is 1. The Bertz CT molecular complexity index is 205. The van der Waals surface area contributed by atoms with E-state index in [9.17, 15) is 0 Å². The number of H-pyrrole nitrogens is 1. The van der Waals surface area contributed by atoms with E-state index in [2.05, 4.69) is 4.98 Å². The van der Waals surface area contributed by atoms with Crippen molar-refractivity contribution in [3.8, 4) is 5.75 Å². The molecule has 0 unspecified atom stereocenters. The van der Waals surface area contributed by atoms with Crippen molar-refractivity contribution in [2.45, 2.75) is 0 Å². The second-order valence-corrected chi connectivity index (χ2v) is 2.30. The average Bonchev–Trinajstić information content (AvgIpc) is 2.33. The average molecular weight is 140 g/mol. The topological polar surface area (TPSA) is 28.3 Å². The van der Waals surface area contributed by atoms with Crippen molar-refractivity contribution >= 4 is 5.69 Å². The van der Waals surface area contributed by atoms with Crippen molar-refractivity contribution < 1.29 is 4.74 Å². The lowest BCUT2D eigenvalue weighted by atomic mass is 10.4. The minimum absolute atomic E-state index is 0.880. The van der Waals surface area contributed by atoms with Gasteiger partial charge in [-0.3, -0.25) is 0 Å². The van der Waals surface area contributed by atoms with Gasteiger partial charge in [-0.25, -0.2) is 0 Å². The molecule has 1 rings (SSSR count). The molecule has 1 aromatic rings. The molecule has 0 aliphatic carbocycles. The van der Waals surface area contributed by atoms with Gasteiger partial charge in [-0.1, -0.05) is 0 Å². The summed E-state index contributed by atoms with van der Waals surface area (Å²) in [5.41, 5.74) is 1.07. The summed E-state index contributed by atoms with van der Waals surface area (Å²) in [6.07, 6.45) is 3.73. The van der Waals surface area contributed by atoms with Crippen LogP contribution in [0.15, 0.2) is 12.4 Å². The minimum Gasteiger partial charge on any atom is -0.493 e. The van der Waals surface area contributed by atoms with Gasteiger partial charge < -0.3 is 14.6 Å². The maximum Gasteiger partial charge on any atom is 0.159 e. The standard InChI is InChI=1S/C7H12N2O/c1-9(2)6-4-8-5-7(6)10-3/h4-5,8H,1-3H3. The van der Waals surface area contributed by atoms with Crippen molar-refractivity contribution in [3.05, 3.63) is 12.4 Å². The summed E-state index contributed by atoms with van der Waals surface area (Å²) in [7, 11) is 5.62. The molecule has 0 amide bonds. The first-order chi connectivity index (χ1) is 4.75. The van der Waals surface area contributed by atoms with E-state index in [1.165, 1.54) is 0 Å². The van der Waals surface area contributed by atoms with Gasteiger partial charge in [0.05, 0.1) is 12.8 Å². The summed E-state index contributed by atoms with van der Waals surface area (Å²) in [5, 5.41) is 0. The van der Waals surface area contributed by atoms with Gasteiger partial charge >= 0.3 is 0 Å². The van der Waals surface area contributed by atoms with Gasteiger partial charge in [0, 0.05) is 26.5 Å². The summed E-state index contributed by atoms with van der Waals surface area (Å²) in [6, 6.07) is 0. The predicted molar refractivity (Wildman–Crippen MR) is 41.7 cm³/mol. The molecular formula is C7H12N2O. The van der Waals surface area contributed by atoms with Gasteiger partial charge in [0.2, 0.25) is 0 Å². The Morgan fingerprint density at radius 3 is 2.50 bits per heavy atom. The largest absolute Gasteiger partial charge is 0.493 e. The Balaban J connectivity index is 2.90. The fourth-order valence-electron chi connectivity index (χ4n) is 0.854.